The van der Waals surface area contributed by atoms with E-state index in [-0.39, 0.29) is 0 Å². The third-order valence-corrected chi connectivity index (χ3v) is 3.47. The first-order valence-electron chi connectivity index (χ1n) is 6.33. The number of aliphatic hydroxyl groups is 1. The fourth-order valence-electron chi connectivity index (χ4n) is 2.67. The summed E-state index contributed by atoms with van der Waals surface area (Å²) in [7, 11) is 0. The highest BCUT2D eigenvalue weighted by atomic mass is 16.3. The van der Waals surface area contributed by atoms with Crippen molar-refractivity contribution >= 4 is 11.3 Å². The van der Waals surface area contributed by atoms with E-state index in [9.17, 15) is 5.11 Å². The lowest BCUT2D eigenvalue weighted by Gasteiger charge is -2.37. The molecule has 1 unspecified atom stereocenters. The summed E-state index contributed by atoms with van der Waals surface area (Å²) in [5.41, 5.74) is 1.36. The Morgan fingerprint density at radius 1 is 1.44 bits per heavy atom. The number of fused-ring (bicyclic) bond motifs is 1. The molecule has 0 spiro atoms. The van der Waals surface area contributed by atoms with Crippen molar-refractivity contribution in [1.82, 2.24) is 14.6 Å². The molecule has 3 heterocycles. The van der Waals surface area contributed by atoms with E-state index < -0.39 is 5.60 Å². The average molecular weight is 246 g/mol. The first-order valence-corrected chi connectivity index (χ1v) is 6.33. The first kappa shape index (κ1) is 11.5. The number of aromatic nitrogens is 3. The minimum absolute atomic E-state index is 0.623. The van der Waals surface area contributed by atoms with Gasteiger partial charge in [-0.3, -0.25) is 0 Å². The third kappa shape index (κ3) is 1.95. The van der Waals surface area contributed by atoms with Gasteiger partial charge in [-0.25, -0.2) is 9.50 Å². The Morgan fingerprint density at radius 3 is 3.06 bits per heavy atom. The summed E-state index contributed by atoms with van der Waals surface area (Å²) in [5, 5.41) is 14.6. The van der Waals surface area contributed by atoms with Crippen LogP contribution in [0.1, 0.15) is 25.5 Å². The Hall–Kier alpha value is -1.62. The maximum atomic E-state index is 10.2. The SMILES string of the molecule is Cc1cc2c(N3CCCC(C)(O)C3)nccn2n1. The molecule has 5 heteroatoms. The summed E-state index contributed by atoms with van der Waals surface area (Å²) in [5.74, 6) is 0.915. The summed E-state index contributed by atoms with van der Waals surface area (Å²) in [6, 6.07) is 2.03. The van der Waals surface area contributed by atoms with Crippen LogP contribution in [0.2, 0.25) is 0 Å². The zero-order valence-corrected chi connectivity index (χ0v) is 10.8. The first-order chi connectivity index (χ1) is 8.55. The van der Waals surface area contributed by atoms with Crippen LogP contribution in [-0.4, -0.2) is 38.4 Å². The maximum absolute atomic E-state index is 10.2. The number of rotatable bonds is 1. The van der Waals surface area contributed by atoms with Crippen LogP contribution in [0.25, 0.3) is 5.52 Å². The second-order valence-electron chi connectivity index (χ2n) is 5.39. The van der Waals surface area contributed by atoms with Crippen LogP contribution in [0.3, 0.4) is 0 Å². The van der Waals surface area contributed by atoms with Gasteiger partial charge in [0.2, 0.25) is 0 Å². The van der Waals surface area contributed by atoms with E-state index in [1.165, 1.54) is 0 Å². The lowest BCUT2D eigenvalue weighted by atomic mass is 9.95. The van der Waals surface area contributed by atoms with Crippen molar-refractivity contribution in [3.05, 3.63) is 24.2 Å². The number of hydrogen-bond acceptors (Lipinski definition) is 4. The Balaban J connectivity index is 2.03. The Bertz CT molecular complexity index is 575. The maximum Gasteiger partial charge on any atom is 0.154 e. The number of hydrogen-bond donors (Lipinski definition) is 1. The Kier molecular flexibility index (Phi) is 2.52. The van der Waals surface area contributed by atoms with Gasteiger partial charge in [0.25, 0.3) is 0 Å². The van der Waals surface area contributed by atoms with Gasteiger partial charge in [0, 0.05) is 25.5 Å². The van der Waals surface area contributed by atoms with Crippen molar-refractivity contribution < 1.29 is 5.11 Å². The molecule has 1 atom stereocenters. The highest BCUT2D eigenvalue weighted by molar-refractivity contribution is 5.69. The van der Waals surface area contributed by atoms with Crippen LogP contribution >= 0.6 is 0 Å². The summed E-state index contributed by atoms with van der Waals surface area (Å²) in [6.45, 7) is 5.43. The van der Waals surface area contributed by atoms with Crippen LogP contribution < -0.4 is 4.90 Å². The molecule has 2 aromatic heterocycles. The quantitative estimate of drug-likeness (QED) is 0.826. The molecule has 1 fully saturated rings. The van der Waals surface area contributed by atoms with Gasteiger partial charge in [-0.1, -0.05) is 0 Å². The molecule has 1 N–H and O–H groups in total. The fourth-order valence-corrected chi connectivity index (χ4v) is 2.67. The van der Waals surface area contributed by atoms with E-state index in [2.05, 4.69) is 15.0 Å². The second-order valence-corrected chi connectivity index (χ2v) is 5.39. The van der Waals surface area contributed by atoms with Crippen molar-refractivity contribution in [3.8, 4) is 0 Å². The number of piperidine rings is 1. The Morgan fingerprint density at radius 2 is 2.28 bits per heavy atom. The molecule has 1 saturated heterocycles. The molecule has 0 amide bonds. The van der Waals surface area contributed by atoms with Crippen molar-refractivity contribution in [3.63, 3.8) is 0 Å². The predicted octanol–water partition coefficient (Wildman–Crippen LogP) is 1.39. The molecule has 1 aliphatic rings. The van der Waals surface area contributed by atoms with Crippen molar-refractivity contribution in [2.24, 2.45) is 0 Å². The molecule has 0 radical (unpaired) electrons. The van der Waals surface area contributed by atoms with Gasteiger partial charge >= 0.3 is 0 Å². The summed E-state index contributed by atoms with van der Waals surface area (Å²) in [6.07, 6.45) is 5.46. The molecule has 0 aliphatic carbocycles. The van der Waals surface area contributed by atoms with E-state index in [1.807, 2.05) is 30.6 Å². The minimum atomic E-state index is -0.623. The standard InChI is InChI=1S/C13H18N4O/c1-10-8-11-12(14-5-7-17(11)15-10)16-6-3-4-13(2,18)9-16/h5,7-8,18H,3-4,6,9H2,1-2H3. The molecule has 3 rings (SSSR count). The van der Waals surface area contributed by atoms with E-state index >= 15 is 0 Å². The van der Waals surface area contributed by atoms with Crippen molar-refractivity contribution in [1.29, 1.82) is 0 Å². The molecule has 2 aromatic rings. The van der Waals surface area contributed by atoms with Gasteiger partial charge in [0.05, 0.1) is 11.3 Å². The summed E-state index contributed by atoms with van der Waals surface area (Å²) < 4.78 is 1.85. The van der Waals surface area contributed by atoms with E-state index in [0.29, 0.717) is 6.54 Å². The molecule has 1 aliphatic heterocycles. The van der Waals surface area contributed by atoms with Gasteiger partial charge in [0.15, 0.2) is 5.82 Å². The Labute approximate surface area is 106 Å². The molecular weight excluding hydrogens is 228 g/mol. The molecule has 96 valence electrons. The van der Waals surface area contributed by atoms with Gasteiger partial charge in [-0.15, -0.1) is 0 Å². The second kappa shape index (κ2) is 3.95. The topological polar surface area (TPSA) is 53.7 Å². The van der Waals surface area contributed by atoms with Crippen LogP contribution in [0, 0.1) is 6.92 Å². The van der Waals surface area contributed by atoms with E-state index in [0.717, 1.165) is 36.4 Å². The third-order valence-electron chi connectivity index (χ3n) is 3.47. The van der Waals surface area contributed by atoms with Crippen LogP contribution in [0.15, 0.2) is 18.5 Å². The van der Waals surface area contributed by atoms with Gasteiger partial charge in [0.1, 0.15) is 5.52 Å². The van der Waals surface area contributed by atoms with E-state index in [4.69, 9.17) is 0 Å². The van der Waals surface area contributed by atoms with Crippen molar-refractivity contribution in [2.75, 3.05) is 18.0 Å². The number of nitrogens with zero attached hydrogens (tertiary/aromatic N) is 4. The minimum Gasteiger partial charge on any atom is -0.388 e. The zero-order chi connectivity index (χ0) is 12.8. The van der Waals surface area contributed by atoms with Gasteiger partial charge in [-0.05, 0) is 32.8 Å². The predicted molar refractivity (Wildman–Crippen MR) is 69.8 cm³/mol. The van der Waals surface area contributed by atoms with Crippen LogP contribution in [0.5, 0.6) is 0 Å². The fraction of sp³-hybridized carbons (Fsp3) is 0.538. The number of β-amino-alcohol motifs (C(OH)–C–C–N with tert-alkyl or cyclic N) is 1. The summed E-state index contributed by atoms with van der Waals surface area (Å²) >= 11 is 0. The molecule has 0 saturated carbocycles. The number of aryl methyl sites for hydroxylation is 1. The normalized spacial score (nSPS) is 24.7. The smallest absolute Gasteiger partial charge is 0.154 e. The van der Waals surface area contributed by atoms with Crippen LogP contribution in [-0.2, 0) is 0 Å². The van der Waals surface area contributed by atoms with Gasteiger partial charge < -0.3 is 10.0 Å². The molecular formula is C13H18N4O. The molecule has 0 bridgehead atoms. The highest BCUT2D eigenvalue weighted by Crippen LogP contribution is 2.27. The lowest BCUT2D eigenvalue weighted by Crippen LogP contribution is -2.46. The summed E-state index contributed by atoms with van der Waals surface area (Å²) in [4.78, 5) is 6.62. The van der Waals surface area contributed by atoms with E-state index in [1.54, 1.807) is 6.20 Å². The highest BCUT2D eigenvalue weighted by Gasteiger charge is 2.29. The molecule has 0 aromatic carbocycles. The molecule has 18 heavy (non-hydrogen) atoms. The number of anilines is 1. The zero-order valence-electron chi connectivity index (χ0n) is 10.8. The molecule has 5 nitrogen and oxygen atoms in total. The van der Waals surface area contributed by atoms with Crippen molar-refractivity contribution in [2.45, 2.75) is 32.3 Å². The lowest BCUT2D eigenvalue weighted by molar-refractivity contribution is 0.0448. The average Bonchev–Trinajstić information content (AvgIpc) is 2.67. The monoisotopic (exact) mass is 246 g/mol. The largest absolute Gasteiger partial charge is 0.388 e. The van der Waals surface area contributed by atoms with Gasteiger partial charge in [-0.2, -0.15) is 5.10 Å². The van der Waals surface area contributed by atoms with Crippen LogP contribution in [0.4, 0.5) is 5.82 Å².